The van der Waals surface area contributed by atoms with Gasteiger partial charge in [-0.2, -0.15) is 0 Å². The summed E-state index contributed by atoms with van der Waals surface area (Å²) < 4.78 is 21.6. The number of rotatable bonds is 0. The average Bonchev–Trinajstić information content (AvgIpc) is 1.79. The SMILES string of the molecule is CC1CCS(=O)(=O)CC1=O. The number of carbonyl (C=O) groups is 1. The second-order valence-electron chi connectivity index (χ2n) is 2.75. The van der Waals surface area contributed by atoms with E-state index >= 15 is 0 Å². The van der Waals surface area contributed by atoms with Crippen LogP contribution in [0.4, 0.5) is 0 Å². The second kappa shape index (κ2) is 2.34. The van der Waals surface area contributed by atoms with Crippen molar-refractivity contribution in [3.05, 3.63) is 0 Å². The fourth-order valence-electron chi connectivity index (χ4n) is 0.948. The molecular formula is C6H10O3S. The minimum absolute atomic E-state index is 0.0523. The fraction of sp³-hybridized carbons (Fsp3) is 0.833. The molecule has 1 unspecified atom stereocenters. The van der Waals surface area contributed by atoms with Crippen LogP contribution >= 0.6 is 0 Å². The van der Waals surface area contributed by atoms with Crippen molar-refractivity contribution >= 4 is 15.6 Å². The lowest BCUT2D eigenvalue weighted by atomic mass is 10.1. The van der Waals surface area contributed by atoms with E-state index in [1.165, 1.54) is 0 Å². The van der Waals surface area contributed by atoms with Crippen molar-refractivity contribution in [2.75, 3.05) is 11.5 Å². The van der Waals surface area contributed by atoms with Gasteiger partial charge in [0.1, 0.15) is 5.75 Å². The predicted molar refractivity (Wildman–Crippen MR) is 37.4 cm³/mol. The van der Waals surface area contributed by atoms with E-state index < -0.39 is 9.84 Å². The fourth-order valence-corrected chi connectivity index (χ4v) is 2.52. The Balaban J connectivity index is 2.76. The molecule has 0 aromatic heterocycles. The highest BCUT2D eigenvalue weighted by atomic mass is 32.2. The molecule has 3 nitrogen and oxygen atoms in total. The minimum Gasteiger partial charge on any atom is -0.298 e. The van der Waals surface area contributed by atoms with Crippen LogP contribution in [0.5, 0.6) is 0 Å². The molecule has 1 aliphatic heterocycles. The molecule has 0 aromatic rings. The number of hydrogen-bond donors (Lipinski definition) is 0. The van der Waals surface area contributed by atoms with Crippen LogP contribution in [-0.4, -0.2) is 25.7 Å². The molecule has 0 aromatic carbocycles. The van der Waals surface area contributed by atoms with Crippen LogP contribution in [-0.2, 0) is 14.6 Å². The van der Waals surface area contributed by atoms with Crippen LogP contribution in [0, 0.1) is 5.92 Å². The summed E-state index contributed by atoms with van der Waals surface area (Å²) in [6, 6.07) is 0. The zero-order chi connectivity index (χ0) is 7.78. The lowest BCUT2D eigenvalue weighted by Gasteiger charge is -2.15. The van der Waals surface area contributed by atoms with E-state index in [2.05, 4.69) is 0 Å². The largest absolute Gasteiger partial charge is 0.298 e. The Kier molecular flexibility index (Phi) is 1.81. The molecule has 0 radical (unpaired) electrons. The monoisotopic (exact) mass is 162 g/mol. The van der Waals surface area contributed by atoms with E-state index in [-0.39, 0.29) is 23.2 Å². The predicted octanol–water partition coefficient (Wildman–Crippen LogP) is 0.0101. The van der Waals surface area contributed by atoms with Gasteiger partial charge in [0, 0.05) is 5.92 Å². The lowest BCUT2D eigenvalue weighted by Crippen LogP contribution is -2.31. The summed E-state index contributed by atoms with van der Waals surface area (Å²) in [6.45, 7) is 1.77. The summed E-state index contributed by atoms with van der Waals surface area (Å²) in [7, 11) is -3.01. The first-order valence-corrected chi connectivity index (χ1v) is 5.06. The van der Waals surface area contributed by atoms with Crippen molar-refractivity contribution in [3.8, 4) is 0 Å². The molecule has 0 saturated carbocycles. The van der Waals surface area contributed by atoms with Crippen LogP contribution in [0.1, 0.15) is 13.3 Å². The van der Waals surface area contributed by atoms with Crippen LogP contribution < -0.4 is 0 Å². The normalized spacial score (nSPS) is 32.1. The van der Waals surface area contributed by atoms with Gasteiger partial charge in [0.25, 0.3) is 0 Å². The Morgan fingerprint density at radius 1 is 1.50 bits per heavy atom. The molecular weight excluding hydrogens is 152 g/mol. The van der Waals surface area contributed by atoms with E-state index in [9.17, 15) is 13.2 Å². The highest BCUT2D eigenvalue weighted by Crippen LogP contribution is 2.13. The molecule has 1 saturated heterocycles. The van der Waals surface area contributed by atoms with Gasteiger partial charge in [0.05, 0.1) is 5.75 Å². The highest BCUT2D eigenvalue weighted by molar-refractivity contribution is 7.92. The van der Waals surface area contributed by atoms with E-state index in [0.717, 1.165) is 0 Å². The Bertz CT molecular complexity index is 240. The molecule has 4 heteroatoms. The van der Waals surface area contributed by atoms with Crippen molar-refractivity contribution < 1.29 is 13.2 Å². The third kappa shape index (κ3) is 1.56. The van der Waals surface area contributed by atoms with Crippen LogP contribution in [0.15, 0.2) is 0 Å². The van der Waals surface area contributed by atoms with E-state index in [0.29, 0.717) is 6.42 Å². The van der Waals surface area contributed by atoms with Gasteiger partial charge in [-0.3, -0.25) is 4.79 Å². The molecule has 1 aliphatic rings. The third-order valence-electron chi connectivity index (χ3n) is 1.77. The maximum Gasteiger partial charge on any atom is 0.157 e. The molecule has 58 valence electrons. The smallest absolute Gasteiger partial charge is 0.157 e. The Morgan fingerprint density at radius 2 is 2.10 bits per heavy atom. The zero-order valence-electron chi connectivity index (χ0n) is 5.83. The first-order valence-electron chi connectivity index (χ1n) is 3.24. The number of Topliss-reactive ketones (excluding diaryl/α,β-unsaturated/α-hetero) is 1. The molecule has 1 atom stereocenters. The van der Waals surface area contributed by atoms with Crippen LogP contribution in [0.25, 0.3) is 0 Å². The standard InChI is InChI=1S/C6H10O3S/c1-5-2-3-10(8,9)4-6(5)7/h5H,2-4H2,1H3. The van der Waals surface area contributed by atoms with Crippen LogP contribution in [0.3, 0.4) is 0 Å². The van der Waals surface area contributed by atoms with Gasteiger partial charge in [-0.15, -0.1) is 0 Å². The molecule has 0 amide bonds. The first-order chi connectivity index (χ1) is 4.51. The molecule has 1 rings (SSSR count). The maximum atomic E-state index is 10.8. The van der Waals surface area contributed by atoms with Gasteiger partial charge in [-0.1, -0.05) is 6.92 Å². The van der Waals surface area contributed by atoms with Gasteiger partial charge in [0.15, 0.2) is 15.6 Å². The first kappa shape index (κ1) is 7.72. The molecule has 1 fully saturated rings. The van der Waals surface area contributed by atoms with Crippen LogP contribution in [0.2, 0.25) is 0 Å². The maximum absolute atomic E-state index is 10.8. The Labute approximate surface area is 60.3 Å². The molecule has 0 N–H and O–H groups in total. The third-order valence-corrected chi connectivity index (χ3v) is 3.36. The van der Waals surface area contributed by atoms with Crippen molar-refractivity contribution in [2.24, 2.45) is 5.92 Å². The lowest BCUT2D eigenvalue weighted by molar-refractivity contribution is -0.120. The summed E-state index contributed by atoms with van der Waals surface area (Å²) in [5, 5.41) is 0. The number of ketones is 1. The topological polar surface area (TPSA) is 51.2 Å². The molecule has 0 spiro atoms. The van der Waals surface area contributed by atoms with Crippen molar-refractivity contribution in [3.63, 3.8) is 0 Å². The molecule has 1 heterocycles. The Morgan fingerprint density at radius 3 is 2.50 bits per heavy atom. The number of hydrogen-bond acceptors (Lipinski definition) is 3. The second-order valence-corrected chi connectivity index (χ2v) is 4.93. The summed E-state index contributed by atoms with van der Waals surface area (Å²) in [4.78, 5) is 10.8. The van der Waals surface area contributed by atoms with Gasteiger partial charge >= 0.3 is 0 Å². The Hall–Kier alpha value is -0.380. The number of carbonyl (C=O) groups excluding carboxylic acids is 1. The van der Waals surface area contributed by atoms with E-state index in [1.807, 2.05) is 0 Å². The quantitative estimate of drug-likeness (QED) is 0.504. The minimum atomic E-state index is -3.01. The van der Waals surface area contributed by atoms with E-state index in [4.69, 9.17) is 0 Å². The van der Waals surface area contributed by atoms with Gasteiger partial charge in [0.2, 0.25) is 0 Å². The van der Waals surface area contributed by atoms with Crippen molar-refractivity contribution in [2.45, 2.75) is 13.3 Å². The molecule has 10 heavy (non-hydrogen) atoms. The van der Waals surface area contributed by atoms with Crippen molar-refractivity contribution in [1.82, 2.24) is 0 Å². The van der Waals surface area contributed by atoms with Gasteiger partial charge < -0.3 is 0 Å². The molecule has 0 bridgehead atoms. The average molecular weight is 162 g/mol. The molecule has 0 aliphatic carbocycles. The number of sulfone groups is 1. The summed E-state index contributed by atoms with van der Waals surface area (Å²) in [6.07, 6.45) is 0.501. The zero-order valence-corrected chi connectivity index (χ0v) is 6.65. The van der Waals surface area contributed by atoms with E-state index in [1.54, 1.807) is 6.92 Å². The van der Waals surface area contributed by atoms with Crippen molar-refractivity contribution in [1.29, 1.82) is 0 Å². The summed E-state index contributed by atoms with van der Waals surface area (Å²) >= 11 is 0. The van der Waals surface area contributed by atoms with Gasteiger partial charge in [-0.05, 0) is 6.42 Å². The summed E-state index contributed by atoms with van der Waals surface area (Å²) in [5.74, 6) is -0.247. The van der Waals surface area contributed by atoms with Gasteiger partial charge in [-0.25, -0.2) is 8.42 Å². The highest BCUT2D eigenvalue weighted by Gasteiger charge is 2.27. The summed E-state index contributed by atoms with van der Waals surface area (Å²) in [5.41, 5.74) is 0.